The standard InChI is InChI=1S/C9H18N2O/c10-8-3-9(4-8)11-2-1-7(5-11)6-12/h7-9,12H,1-6,10H2. The van der Waals surface area contributed by atoms with Gasteiger partial charge in [0, 0.05) is 25.2 Å². The lowest BCUT2D eigenvalue weighted by molar-refractivity contribution is 0.126. The van der Waals surface area contributed by atoms with Gasteiger partial charge in [0.15, 0.2) is 0 Å². The number of likely N-dealkylation sites (tertiary alicyclic amines) is 1. The molecule has 1 unspecified atom stereocenters. The molecule has 1 aliphatic heterocycles. The molecule has 1 aliphatic carbocycles. The first-order valence-corrected chi connectivity index (χ1v) is 4.90. The first-order chi connectivity index (χ1) is 5.79. The van der Waals surface area contributed by atoms with Crippen molar-refractivity contribution in [1.82, 2.24) is 4.90 Å². The molecule has 70 valence electrons. The smallest absolute Gasteiger partial charge is 0.0471 e. The summed E-state index contributed by atoms with van der Waals surface area (Å²) in [5, 5.41) is 8.96. The second-order valence-corrected chi connectivity index (χ2v) is 4.22. The SMILES string of the molecule is NC1CC(N2CCC(CO)C2)C1. The van der Waals surface area contributed by atoms with Crippen LogP contribution >= 0.6 is 0 Å². The molecule has 0 aromatic rings. The van der Waals surface area contributed by atoms with Crippen LogP contribution in [0.25, 0.3) is 0 Å². The molecule has 12 heavy (non-hydrogen) atoms. The van der Waals surface area contributed by atoms with E-state index in [1.807, 2.05) is 0 Å². The van der Waals surface area contributed by atoms with Gasteiger partial charge in [-0.05, 0) is 31.7 Å². The van der Waals surface area contributed by atoms with Crippen LogP contribution in [0, 0.1) is 5.92 Å². The Hall–Kier alpha value is -0.120. The Morgan fingerprint density at radius 3 is 2.67 bits per heavy atom. The Balaban J connectivity index is 1.76. The van der Waals surface area contributed by atoms with Crippen molar-refractivity contribution in [3.8, 4) is 0 Å². The molecular weight excluding hydrogens is 152 g/mol. The molecule has 0 bridgehead atoms. The monoisotopic (exact) mass is 170 g/mol. The van der Waals surface area contributed by atoms with Crippen molar-refractivity contribution in [2.45, 2.75) is 31.3 Å². The van der Waals surface area contributed by atoms with E-state index >= 15 is 0 Å². The highest BCUT2D eigenvalue weighted by molar-refractivity contribution is 4.92. The van der Waals surface area contributed by atoms with E-state index in [1.54, 1.807) is 0 Å². The van der Waals surface area contributed by atoms with Crippen molar-refractivity contribution in [2.24, 2.45) is 11.7 Å². The van der Waals surface area contributed by atoms with Crippen LogP contribution in [0.15, 0.2) is 0 Å². The highest BCUT2D eigenvalue weighted by atomic mass is 16.3. The van der Waals surface area contributed by atoms with Gasteiger partial charge < -0.3 is 10.8 Å². The summed E-state index contributed by atoms with van der Waals surface area (Å²) >= 11 is 0. The molecule has 0 aromatic heterocycles. The van der Waals surface area contributed by atoms with Crippen molar-refractivity contribution in [2.75, 3.05) is 19.7 Å². The van der Waals surface area contributed by atoms with Crippen LogP contribution in [0.5, 0.6) is 0 Å². The average Bonchev–Trinajstić information content (AvgIpc) is 2.46. The fraction of sp³-hybridized carbons (Fsp3) is 1.00. The van der Waals surface area contributed by atoms with Crippen LogP contribution in [0.3, 0.4) is 0 Å². The van der Waals surface area contributed by atoms with E-state index < -0.39 is 0 Å². The lowest BCUT2D eigenvalue weighted by Crippen LogP contribution is -2.49. The van der Waals surface area contributed by atoms with Crippen LogP contribution < -0.4 is 5.73 Å². The number of hydrogen-bond donors (Lipinski definition) is 2. The first kappa shape index (κ1) is 8.48. The van der Waals surface area contributed by atoms with Crippen molar-refractivity contribution in [1.29, 1.82) is 0 Å². The first-order valence-electron chi connectivity index (χ1n) is 4.90. The molecule has 1 atom stereocenters. The molecule has 3 N–H and O–H groups in total. The molecule has 3 nitrogen and oxygen atoms in total. The molecule has 2 fully saturated rings. The molecule has 3 heteroatoms. The predicted octanol–water partition coefficient (Wildman–Crippen LogP) is -0.210. The third-order valence-corrected chi connectivity index (χ3v) is 3.24. The second-order valence-electron chi connectivity index (χ2n) is 4.22. The molecule has 1 saturated carbocycles. The predicted molar refractivity (Wildman–Crippen MR) is 47.8 cm³/mol. The number of nitrogens with two attached hydrogens (primary N) is 1. The molecule has 2 rings (SSSR count). The van der Waals surface area contributed by atoms with Crippen LogP contribution in [-0.4, -0.2) is 41.8 Å². The minimum Gasteiger partial charge on any atom is -0.396 e. The van der Waals surface area contributed by atoms with Crippen molar-refractivity contribution >= 4 is 0 Å². The van der Waals surface area contributed by atoms with Crippen LogP contribution in [0.4, 0.5) is 0 Å². The fourth-order valence-corrected chi connectivity index (χ4v) is 2.27. The summed E-state index contributed by atoms with van der Waals surface area (Å²) in [5.74, 6) is 0.529. The Kier molecular flexibility index (Phi) is 2.35. The third kappa shape index (κ3) is 1.49. The molecule has 0 spiro atoms. The van der Waals surface area contributed by atoms with E-state index in [1.165, 1.54) is 13.0 Å². The second kappa shape index (κ2) is 3.32. The number of aliphatic hydroxyl groups is 1. The lowest BCUT2D eigenvalue weighted by atomic mass is 9.86. The number of hydrogen-bond acceptors (Lipinski definition) is 3. The van der Waals surface area contributed by atoms with Crippen LogP contribution in [-0.2, 0) is 0 Å². The molecule has 2 aliphatic rings. The summed E-state index contributed by atoms with van der Waals surface area (Å²) in [6.07, 6.45) is 3.50. The Bertz CT molecular complexity index is 157. The van der Waals surface area contributed by atoms with Gasteiger partial charge in [-0.15, -0.1) is 0 Å². The highest BCUT2D eigenvalue weighted by Crippen LogP contribution is 2.28. The van der Waals surface area contributed by atoms with E-state index in [0.717, 1.165) is 25.4 Å². The molecular formula is C9H18N2O. The quantitative estimate of drug-likeness (QED) is 0.603. The zero-order valence-corrected chi connectivity index (χ0v) is 7.45. The Morgan fingerprint density at radius 2 is 2.17 bits per heavy atom. The molecule has 1 saturated heterocycles. The summed E-state index contributed by atoms with van der Waals surface area (Å²) in [6, 6.07) is 1.18. The van der Waals surface area contributed by atoms with Gasteiger partial charge >= 0.3 is 0 Å². The van der Waals surface area contributed by atoms with Crippen LogP contribution in [0.2, 0.25) is 0 Å². The fourth-order valence-electron chi connectivity index (χ4n) is 2.27. The minimum atomic E-state index is 0.356. The highest BCUT2D eigenvalue weighted by Gasteiger charge is 2.34. The van der Waals surface area contributed by atoms with E-state index in [9.17, 15) is 0 Å². The van der Waals surface area contributed by atoms with E-state index in [4.69, 9.17) is 10.8 Å². The van der Waals surface area contributed by atoms with Crippen molar-refractivity contribution in [3.63, 3.8) is 0 Å². The summed E-state index contributed by atoms with van der Waals surface area (Å²) in [4.78, 5) is 2.49. The summed E-state index contributed by atoms with van der Waals surface area (Å²) in [7, 11) is 0. The van der Waals surface area contributed by atoms with E-state index in [0.29, 0.717) is 18.6 Å². The summed E-state index contributed by atoms with van der Waals surface area (Å²) < 4.78 is 0. The molecule has 1 heterocycles. The Labute approximate surface area is 73.5 Å². The lowest BCUT2D eigenvalue weighted by Gasteiger charge is -2.39. The van der Waals surface area contributed by atoms with E-state index in [-0.39, 0.29) is 0 Å². The number of aliphatic hydroxyl groups excluding tert-OH is 1. The maximum Gasteiger partial charge on any atom is 0.0471 e. The number of rotatable bonds is 2. The summed E-state index contributed by atoms with van der Waals surface area (Å²) in [5.41, 5.74) is 5.73. The molecule has 0 amide bonds. The third-order valence-electron chi connectivity index (χ3n) is 3.24. The molecule has 0 aromatic carbocycles. The average molecular weight is 170 g/mol. The summed E-state index contributed by atoms with van der Waals surface area (Å²) in [6.45, 7) is 2.62. The van der Waals surface area contributed by atoms with Gasteiger partial charge in [0.1, 0.15) is 0 Å². The van der Waals surface area contributed by atoms with Crippen LogP contribution in [0.1, 0.15) is 19.3 Å². The molecule has 0 radical (unpaired) electrons. The number of nitrogens with zero attached hydrogens (tertiary/aromatic N) is 1. The van der Waals surface area contributed by atoms with Gasteiger partial charge in [0.25, 0.3) is 0 Å². The van der Waals surface area contributed by atoms with Gasteiger partial charge in [0.2, 0.25) is 0 Å². The normalized spacial score (nSPS) is 43.0. The van der Waals surface area contributed by atoms with Gasteiger partial charge in [-0.2, -0.15) is 0 Å². The topological polar surface area (TPSA) is 49.5 Å². The van der Waals surface area contributed by atoms with Crippen molar-refractivity contribution in [3.05, 3.63) is 0 Å². The zero-order chi connectivity index (χ0) is 8.55. The minimum absolute atomic E-state index is 0.356. The largest absolute Gasteiger partial charge is 0.396 e. The maximum atomic E-state index is 8.96. The van der Waals surface area contributed by atoms with E-state index in [2.05, 4.69) is 4.90 Å². The Morgan fingerprint density at radius 1 is 1.42 bits per heavy atom. The van der Waals surface area contributed by atoms with Gasteiger partial charge in [-0.3, -0.25) is 4.90 Å². The van der Waals surface area contributed by atoms with Gasteiger partial charge in [0.05, 0.1) is 0 Å². The maximum absolute atomic E-state index is 8.96. The van der Waals surface area contributed by atoms with Gasteiger partial charge in [-0.1, -0.05) is 0 Å². The van der Waals surface area contributed by atoms with Crippen molar-refractivity contribution < 1.29 is 5.11 Å². The van der Waals surface area contributed by atoms with Gasteiger partial charge in [-0.25, -0.2) is 0 Å². The zero-order valence-electron chi connectivity index (χ0n) is 7.45.